The van der Waals surface area contributed by atoms with Crippen molar-refractivity contribution in [3.63, 3.8) is 0 Å². The number of anilines is 1. The van der Waals surface area contributed by atoms with Crippen LogP contribution in [-0.4, -0.2) is 14.6 Å². The van der Waals surface area contributed by atoms with E-state index in [0.29, 0.717) is 5.82 Å². The first kappa shape index (κ1) is 14.9. The van der Waals surface area contributed by atoms with E-state index in [4.69, 9.17) is 5.73 Å². The molecule has 2 N–H and O–H groups in total. The fourth-order valence-corrected chi connectivity index (χ4v) is 3.00. The minimum Gasteiger partial charge on any atom is -0.382 e. The van der Waals surface area contributed by atoms with Crippen molar-refractivity contribution in [2.24, 2.45) is 0 Å². The maximum absolute atomic E-state index is 6.15. The van der Waals surface area contributed by atoms with Gasteiger partial charge in [0.25, 0.3) is 0 Å². The molecule has 4 aromatic rings. The summed E-state index contributed by atoms with van der Waals surface area (Å²) in [4.78, 5) is 4.61. The lowest BCUT2D eigenvalue weighted by molar-refractivity contribution is 0.947. The molecule has 0 radical (unpaired) electrons. The molecule has 0 aliphatic carbocycles. The van der Waals surface area contributed by atoms with E-state index in [1.54, 1.807) is 4.52 Å². The summed E-state index contributed by atoms with van der Waals surface area (Å²) < 4.78 is 2.78. The zero-order valence-electron chi connectivity index (χ0n) is 13.1. The summed E-state index contributed by atoms with van der Waals surface area (Å²) in [6, 6.07) is 16.3. The smallest absolute Gasteiger partial charge is 0.165 e. The van der Waals surface area contributed by atoms with E-state index >= 15 is 0 Å². The average Bonchev–Trinajstić information content (AvgIpc) is 2.91. The van der Waals surface area contributed by atoms with Crippen LogP contribution in [0.5, 0.6) is 0 Å². The molecule has 2 heterocycles. The van der Waals surface area contributed by atoms with Crippen molar-refractivity contribution in [1.82, 2.24) is 14.6 Å². The molecule has 4 nitrogen and oxygen atoms in total. The average molecular weight is 379 g/mol. The molecule has 5 heteroatoms. The van der Waals surface area contributed by atoms with E-state index in [-0.39, 0.29) is 0 Å². The van der Waals surface area contributed by atoms with Gasteiger partial charge >= 0.3 is 0 Å². The third kappa shape index (κ3) is 2.57. The highest BCUT2D eigenvalue weighted by Crippen LogP contribution is 2.31. The monoisotopic (exact) mass is 378 g/mol. The number of nitrogens with zero attached hydrogens (tertiary/aromatic N) is 3. The Kier molecular flexibility index (Phi) is 3.58. The Bertz CT molecular complexity index is 1020. The van der Waals surface area contributed by atoms with Crippen molar-refractivity contribution in [1.29, 1.82) is 0 Å². The van der Waals surface area contributed by atoms with Crippen LogP contribution in [0.15, 0.2) is 65.4 Å². The van der Waals surface area contributed by atoms with Gasteiger partial charge < -0.3 is 5.73 Å². The van der Waals surface area contributed by atoms with Gasteiger partial charge in [0.15, 0.2) is 11.5 Å². The van der Waals surface area contributed by atoms with Crippen LogP contribution in [0.2, 0.25) is 0 Å². The van der Waals surface area contributed by atoms with E-state index in [0.717, 1.165) is 32.4 Å². The van der Waals surface area contributed by atoms with E-state index in [9.17, 15) is 0 Å². The molecule has 0 atom stereocenters. The number of fused-ring (bicyclic) bond motifs is 1. The number of rotatable bonds is 2. The van der Waals surface area contributed by atoms with Crippen molar-refractivity contribution in [2.75, 3.05) is 5.73 Å². The van der Waals surface area contributed by atoms with Crippen LogP contribution in [-0.2, 0) is 0 Å². The summed E-state index contributed by atoms with van der Waals surface area (Å²) in [6.07, 6.45) is 3.83. The van der Waals surface area contributed by atoms with Crippen LogP contribution in [0.1, 0.15) is 5.56 Å². The molecule has 0 aliphatic heterocycles. The number of nitrogen functional groups attached to an aromatic ring is 1. The van der Waals surface area contributed by atoms with Gasteiger partial charge in [0.1, 0.15) is 0 Å². The van der Waals surface area contributed by atoms with Gasteiger partial charge in [0.2, 0.25) is 0 Å². The van der Waals surface area contributed by atoms with Gasteiger partial charge in [-0.25, -0.2) is 9.50 Å². The Hall–Kier alpha value is -2.66. The fraction of sp³-hybridized carbons (Fsp3) is 0.0526. The van der Waals surface area contributed by atoms with Gasteiger partial charge in [-0.05, 0) is 30.2 Å². The number of benzene rings is 2. The summed E-state index contributed by atoms with van der Waals surface area (Å²) in [7, 11) is 0. The molecule has 0 saturated carbocycles. The highest BCUT2D eigenvalue weighted by Gasteiger charge is 2.14. The fourth-order valence-electron chi connectivity index (χ4n) is 2.74. The number of aromatic nitrogens is 3. The molecular formula is C19H15BrN4. The Morgan fingerprint density at radius 2 is 1.58 bits per heavy atom. The van der Waals surface area contributed by atoms with Crippen molar-refractivity contribution >= 4 is 27.4 Å². The van der Waals surface area contributed by atoms with Crippen LogP contribution in [0.4, 0.5) is 5.82 Å². The van der Waals surface area contributed by atoms with Gasteiger partial charge in [-0.3, -0.25) is 0 Å². The molecule has 2 aromatic carbocycles. The maximum Gasteiger partial charge on any atom is 0.165 e. The number of aryl methyl sites for hydroxylation is 1. The predicted molar refractivity (Wildman–Crippen MR) is 101 cm³/mol. The van der Waals surface area contributed by atoms with Gasteiger partial charge in [0.05, 0.1) is 5.56 Å². The molecule has 24 heavy (non-hydrogen) atoms. The highest BCUT2D eigenvalue weighted by atomic mass is 79.9. The second kappa shape index (κ2) is 5.76. The predicted octanol–water partition coefficient (Wildman–Crippen LogP) is 4.72. The van der Waals surface area contributed by atoms with Crippen LogP contribution >= 0.6 is 15.9 Å². The number of hydrogen-bond donors (Lipinski definition) is 1. The molecule has 118 valence electrons. The number of halogens is 1. The SMILES string of the molecule is Cc1ccc(-c2cnc3c(-c4ccc(Br)cc4)c(N)nn3c2)cc1. The first-order valence-corrected chi connectivity index (χ1v) is 8.38. The number of nitrogens with two attached hydrogens (primary N) is 1. The van der Waals surface area contributed by atoms with E-state index in [1.807, 2.05) is 36.7 Å². The van der Waals surface area contributed by atoms with Crippen LogP contribution in [0.25, 0.3) is 27.9 Å². The summed E-state index contributed by atoms with van der Waals surface area (Å²) >= 11 is 3.45. The summed E-state index contributed by atoms with van der Waals surface area (Å²) in [5, 5.41) is 4.44. The Morgan fingerprint density at radius 3 is 2.29 bits per heavy atom. The standard InChI is InChI=1S/C19H15BrN4/c1-12-2-4-13(5-3-12)15-10-22-19-17(18(21)23-24(19)11-15)14-6-8-16(20)9-7-14/h2-11H,1H3,(H2,21,23). The minimum absolute atomic E-state index is 0.478. The molecule has 0 bridgehead atoms. The Morgan fingerprint density at radius 1 is 0.917 bits per heavy atom. The maximum atomic E-state index is 6.15. The second-order valence-corrected chi connectivity index (χ2v) is 6.66. The third-order valence-corrected chi connectivity index (χ3v) is 4.55. The zero-order chi connectivity index (χ0) is 16.7. The summed E-state index contributed by atoms with van der Waals surface area (Å²) in [5.41, 5.74) is 12.1. The van der Waals surface area contributed by atoms with Crippen molar-refractivity contribution in [3.05, 3.63) is 71.0 Å². The molecule has 0 amide bonds. The van der Waals surface area contributed by atoms with Gasteiger partial charge in [-0.15, -0.1) is 5.10 Å². The molecular weight excluding hydrogens is 364 g/mol. The molecule has 0 spiro atoms. The lowest BCUT2D eigenvalue weighted by Crippen LogP contribution is -1.92. The van der Waals surface area contributed by atoms with E-state index in [2.05, 4.69) is 57.2 Å². The molecule has 0 aliphatic rings. The van der Waals surface area contributed by atoms with Crippen LogP contribution in [0.3, 0.4) is 0 Å². The third-order valence-electron chi connectivity index (χ3n) is 4.02. The van der Waals surface area contributed by atoms with E-state index in [1.165, 1.54) is 5.56 Å². The lowest BCUT2D eigenvalue weighted by atomic mass is 10.1. The zero-order valence-corrected chi connectivity index (χ0v) is 14.7. The van der Waals surface area contributed by atoms with Crippen LogP contribution < -0.4 is 5.73 Å². The van der Waals surface area contributed by atoms with Gasteiger partial charge in [0, 0.05) is 22.4 Å². The first-order valence-electron chi connectivity index (χ1n) is 7.58. The highest BCUT2D eigenvalue weighted by molar-refractivity contribution is 9.10. The Labute approximate surface area is 148 Å². The second-order valence-electron chi connectivity index (χ2n) is 5.74. The molecule has 4 rings (SSSR count). The van der Waals surface area contributed by atoms with Crippen molar-refractivity contribution < 1.29 is 0 Å². The topological polar surface area (TPSA) is 56.2 Å². The van der Waals surface area contributed by atoms with Gasteiger partial charge in [-0.1, -0.05) is 57.9 Å². The normalized spacial score (nSPS) is 11.1. The van der Waals surface area contributed by atoms with Crippen molar-refractivity contribution in [3.8, 4) is 22.3 Å². The summed E-state index contributed by atoms with van der Waals surface area (Å²) in [5.74, 6) is 0.478. The number of hydrogen-bond acceptors (Lipinski definition) is 3. The molecule has 0 fully saturated rings. The first-order chi connectivity index (χ1) is 11.6. The van der Waals surface area contributed by atoms with Crippen LogP contribution in [0, 0.1) is 6.92 Å². The quantitative estimate of drug-likeness (QED) is 0.549. The lowest BCUT2D eigenvalue weighted by Gasteiger charge is -2.04. The largest absolute Gasteiger partial charge is 0.382 e. The molecule has 0 saturated heterocycles. The summed E-state index contributed by atoms with van der Waals surface area (Å²) in [6.45, 7) is 2.07. The van der Waals surface area contributed by atoms with E-state index < -0.39 is 0 Å². The minimum atomic E-state index is 0.478. The Balaban J connectivity index is 1.85. The van der Waals surface area contributed by atoms with Crippen molar-refractivity contribution in [2.45, 2.75) is 6.92 Å². The van der Waals surface area contributed by atoms with Gasteiger partial charge in [-0.2, -0.15) is 0 Å². The molecule has 2 aromatic heterocycles. The molecule has 0 unspecified atom stereocenters.